The van der Waals surface area contributed by atoms with Crippen LogP contribution in [-0.4, -0.2) is 20.2 Å². The van der Waals surface area contributed by atoms with Gasteiger partial charge in [-0.2, -0.15) is 0 Å². The van der Waals surface area contributed by atoms with E-state index in [9.17, 15) is 0 Å². The highest BCUT2D eigenvalue weighted by molar-refractivity contribution is 9.10. The van der Waals surface area contributed by atoms with Crippen LogP contribution >= 0.6 is 15.9 Å². The topological polar surface area (TPSA) is 56.7 Å². The van der Waals surface area contributed by atoms with Crippen molar-refractivity contribution in [3.8, 4) is 0 Å². The van der Waals surface area contributed by atoms with Gasteiger partial charge in [0.2, 0.25) is 0 Å². The van der Waals surface area contributed by atoms with Gasteiger partial charge in [-0.05, 0) is 57.4 Å². The molecule has 0 saturated carbocycles. The number of hydrogen-bond donors (Lipinski definition) is 0. The number of tetrazole rings is 1. The van der Waals surface area contributed by atoms with E-state index in [0.29, 0.717) is 6.54 Å². The molecule has 5 nitrogen and oxygen atoms in total. The number of aryl methyl sites for hydroxylation is 2. The summed E-state index contributed by atoms with van der Waals surface area (Å²) in [5, 5.41) is 12.3. The first-order valence-electron chi connectivity index (χ1n) is 5.54. The number of rotatable bonds is 2. The molecule has 3 rings (SSSR count). The lowest BCUT2D eigenvalue weighted by Crippen LogP contribution is -2.01. The molecule has 18 heavy (non-hydrogen) atoms. The quantitative estimate of drug-likeness (QED) is 0.730. The third-order valence-corrected chi connectivity index (χ3v) is 3.70. The van der Waals surface area contributed by atoms with Crippen LogP contribution in [-0.2, 0) is 6.54 Å². The number of hydrogen-bond acceptors (Lipinski definition) is 4. The fourth-order valence-electron chi connectivity index (χ4n) is 2.07. The second-order valence-electron chi connectivity index (χ2n) is 4.20. The van der Waals surface area contributed by atoms with E-state index in [2.05, 4.69) is 44.4 Å². The summed E-state index contributed by atoms with van der Waals surface area (Å²) in [7, 11) is 0. The lowest BCUT2D eigenvalue weighted by atomic mass is 10.1. The molecule has 0 N–H and O–H groups in total. The molecule has 6 heteroatoms. The van der Waals surface area contributed by atoms with E-state index < -0.39 is 0 Å². The lowest BCUT2D eigenvalue weighted by molar-refractivity contribution is 0.573. The molecule has 0 aliphatic rings. The average Bonchev–Trinajstić information content (AvgIpc) is 2.94. The zero-order chi connectivity index (χ0) is 12.7. The Morgan fingerprint density at radius 1 is 1.33 bits per heavy atom. The highest BCUT2D eigenvalue weighted by Gasteiger charge is 2.14. The minimum atomic E-state index is 0.636. The second-order valence-corrected chi connectivity index (χ2v) is 5.06. The molecule has 2 aromatic heterocycles. The molecule has 0 saturated heterocycles. The van der Waals surface area contributed by atoms with Gasteiger partial charge in [0.1, 0.15) is 17.7 Å². The maximum atomic E-state index is 5.78. The van der Waals surface area contributed by atoms with Gasteiger partial charge in [0.25, 0.3) is 0 Å². The van der Waals surface area contributed by atoms with Gasteiger partial charge in [0.05, 0.1) is 11.0 Å². The number of nitrogens with zero attached hydrogens (tertiary/aromatic N) is 4. The number of furan rings is 1. The summed E-state index contributed by atoms with van der Waals surface area (Å²) in [5.74, 6) is 0.940. The molecule has 2 heterocycles. The molecule has 0 fully saturated rings. The predicted molar refractivity (Wildman–Crippen MR) is 70.3 cm³/mol. The van der Waals surface area contributed by atoms with Crippen molar-refractivity contribution in [2.75, 3.05) is 0 Å². The van der Waals surface area contributed by atoms with Crippen molar-refractivity contribution in [3.63, 3.8) is 0 Å². The number of halogens is 1. The molecule has 0 aliphatic carbocycles. The van der Waals surface area contributed by atoms with E-state index in [1.54, 1.807) is 11.0 Å². The Morgan fingerprint density at radius 2 is 2.17 bits per heavy atom. The summed E-state index contributed by atoms with van der Waals surface area (Å²) in [6.45, 7) is 4.68. The molecule has 92 valence electrons. The predicted octanol–water partition coefficient (Wildman–Crippen LogP) is 2.85. The third kappa shape index (κ3) is 1.73. The Bertz CT molecular complexity index is 703. The Balaban J connectivity index is 2.20. The van der Waals surface area contributed by atoms with E-state index in [1.165, 1.54) is 0 Å². The second kappa shape index (κ2) is 4.20. The lowest BCUT2D eigenvalue weighted by Gasteiger charge is -2.04. The van der Waals surface area contributed by atoms with Crippen molar-refractivity contribution in [2.45, 2.75) is 20.4 Å². The number of fused-ring (bicyclic) bond motifs is 1. The molecule has 0 bridgehead atoms. The van der Waals surface area contributed by atoms with Gasteiger partial charge < -0.3 is 4.42 Å². The van der Waals surface area contributed by atoms with Gasteiger partial charge in [0, 0.05) is 5.39 Å². The Labute approximate surface area is 112 Å². The third-order valence-electron chi connectivity index (χ3n) is 3.08. The zero-order valence-corrected chi connectivity index (χ0v) is 11.6. The normalized spacial score (nSPS) is 11.3. The molecule has 0 unspecified atom stereocenters. The van der Waals surface area contributed by atoms with E-state index in [0.717, 1.165) is 32.3 Å². The summed E-state index contributed by atoms with van der Waals surface area (Å²) in [6.07, 6.45) is 1.61. The van der Waals surface area contributed by atoms with Crippen LogP contribution in [0.4, 0.5) is 0 Å². The summed E-state index contributed by atoms with van der Waals surface area (Å²) in [5.41, 5.74) is 3.19. The van der Waals surface area contributed by atoms with Gasteiger partial charge in [-0.3, -0.25) is 0 Å². The molecule has 0 amide bonds. The number of aromatic nitrogens is 4. The van der Waals surface area contributed by atoms with Crippen molar-refractivity contribution < 1.29 is 4.42 Å². The van der Waals surface area contributed by atoms with Crippen molar-refractivity contribution in [1.29, 1.82) is 0 Å². The van der Waals surface area contributed by atoms with E-state index >= 15 is 0 Å². The summed E-state index contributed by atoms with van der Waals surface area (Å²) >= 11 is 3.52. The molecule has 0 radical (unpaired) electrons. The van der Waals surface area contributed by atoms with Gasteiger partial charge in [-0.1, -0.05) is 6.07 Å². The molecular weight excluding hydrogens is 296 g/mol. The summed E-state index contributed by atoms with van der Waals surface area (Å²) in [4.78, 5) is 0. The van der Waals surface area contributed by atoms with Crippen LogP contribution in [0.3, 0.4) is 0 Å². The highest BCUT2D eigenvalue weighted by Crippen LogP contribution is 2.33. The fraction of sp³-hybridized carbons (Fsp3) is 0.250. The Kier molecular flexibility index (Phi) is 2.66. The highest BCUT2D eigenvalue weighted by atomic mass is 79.9. The van der Waals surface area contributed by atoms with Crippen LogP contribution in [0.25, 0.3) is 11.0 Å². The van der Waals surface area contributed by atoms with Gasteiger partial charge in [-0.25, -0.2) is 4.68 Å². The van der Waals surface area contributed by atoms with Crippen molar-refractivity contribution >= 4 is 26.9 Å². The fourth-order valence-corrected chi connectivity index (χ4v) is 2.48. The summed E-state index contributed by atoms with van der Waals surface area (Å²) < 4.78 is 8.45. The zero-order valence-electron chi connectivity index (χ0n) is 10.0. The van der Waals surface area contributed by atoms with Crippen LogP contribution in [0.15, 0.2) is 27.3 Å². The van der Waals surface area contributed by atoms with Gasteiger partial charge in [-0.15, -0.1) is 5.10 Å². The van der Waals surface area contributed by atoms with Crippen molar-refractivity contribution in [3.05, 3.63) is 39.8 Å². The summed E-state index contributed by atoms with van der Waals surface area (Å²) in [6, 6.07) is 4.06. The molecule has 0 atom stereocenters. The van der Waals surface area contributed by atoms with Crippen LogP contribution < -0.4 is 0 Å². The Morgan fingerprint density at radius 3 is 2.89 bits per heavy atom. The van der Waals surface area contributed by atoms with Gasteiger partial charge >= 0.3 is 0 Å². The maximum absolute atomic E-state index is 5.78. The number of benzene rings is 1. The smallest absolute Gasteiger partial charge is 0.149 e. The maximum Gasteiger partial charge on any atom is 0.149 e. The molecule has 1 aromatic carbocycles. The average molecular weight is 307 g/mol. The first-order chi connectivity index (χ1) is 8.66. The SMILES string of the molecule is Cc1oc2c(Br)ccc(Cn3cnnn3)c2c1C. The van der Waals surface area contributed by atoms with Gasteiger partial charge in [0.15, 0.2) is 0 Å². The minimum absolute atomic E-state index is 0.636. The van der Waals surface area contributed by atoms with Crippen LogP contribution in [0.2, 0.25) is 0 Å². The van der Waals surface area contributed by atoms with Crippen LogP contribution in [0.1, 0.15) is 16.9 Å². The van der Waals surface area contributed by atoms with E-state index in [-0.39, 0.29) is 0 Å². The molecule has 0 aliphatic heterocycles. The van der Waals surface area contributed by atoms with Crippen molar-refractivity contribution in [1.82, 2.24) is 20.2 Å². The van der Waals surface area contributed by atoms with Crippen LogP contribution in [0.5, 0.6) is 0 Å². The monoisotopic (exact) mass is 306 g/mol. The first-order valence-corrected chi connectivity index (χ1v) is 6.34. The van der Waals surface area contributed by atoms with Crippen molar-refractivity contribution in [2.24, 2.45) is 0 Å². The minimum Gasteiger partial charge on any atom is -0.460 e. The van der Waals surface area contributed by atoms with Crippen LogP contribution in [0, 0.1) is 13.8 Å². The standard InChI is InChI=1S/C12H11BrN4O/c1-7-8(2)18-12-10(13)4-3-9(11(7)12)5-17-6-14-15-16-17/h3-4,6H,5H2,1-2H3. The Hall–Kier alpha value is -1.69. The molecular formula is C12H11BrN4O. The van der Waals surface area contributed by atoms with E-state index in [4.69, 9.17) is 4.42 Å². The largest absolute Gasteiger partial charge is 0.460 e. The molecule has 0 spiro atoms. The molecule has 3 aromatic rings. The first kappa shape index (κ1) is 11.4. The van der Waals surface area contributed by atoms with E-state index in [1.807, 2.05) is 13.0 Å².